The van der Waals surface area contributed by atoms with Gasteiger partial charge >= 0.3 is 0 Å². The molecule has 2 aromatic carbocycles. The first-order valence-corrected chi connectivity index (χ1v) is 8.13. The first-order chi connectivity index (χ1) is 11.5. The Morgan fingerprint density at radius 1 is 1.29 bits per heavy atom. The van der Waals surface area contributed by atoms with Gasteiger partial charge in [-0.05, 0) is 54.3 Å². The van der Waals surface area contributed by atoms with Crippen LogP contribution >= 0.6 is 0 Å². The summed E-state index contributed by atoms with van der Waals surface area (Å²) in [4.78, 5) is 4.55. The van der Waals surface area contributed by atoms with Crippen LogP contribution in [0, 0.1) is 5.82 Å². The number of aliphatic hydroxyl groups is 1. The minimum atomic E-state index is -0.505. The number of halogens is 1. The Bertz CT molecular complexity index is 743. The second kappa shape index (κ2) is 7.11. The Kier molecular flexibility index (Phi) is 4.92. The van der Waals surface area contributed by atoms with Gasteiger partial charge in [0.2, 0.25) is 0 Å². The SMILES string of the molecule is CC(=Nc1ccc2c(c1)[C@@H](N)[C@H](O)C2)NCCc1ccc(F)cc1. The number of aliphatic imine (C=N–C) groups is 1. The first-order valence-electron chi connectivity index (χ1n) is 8.13. The summed E-state index contributed by atoms with van der Waals surface area (Å²) in [7, 11) is 0. The van der Waals surface area contributed by atoms with E-state index in [4.69, 9.17) is 5.73 Å². The van der Waals surface area contributed by atoms with Crippen molar-refractivity contribution in [2.75, 3.05) is 6.54 Å². The number of benzene rings is 2. The van der Waals surface area contributed by atoms with E-state index in [2.05, 4.69) is 10.3 Å². The van der Waals surface area contributed by atoms with Crippen molar-refractivity contribution in [2.45, 2.75) is 31.9 Å². The van der Waals surface area contributed by atoms with Gasteiger partial charge in [-0.3, -0.25) is 0 Å². The molecule has 0 bridgehead atoms. The third kappa shape index (κ3) is 3.80. The highest BCUT2D eigenvalue weighted by molar-refractivity contribution is 5.82. The molecule has 2 atom stereocenters. The predicted molar refractivity (Wildman–Crippen MR) is 94.0 cm³/mol. The number of fused-ring (bicyclic) bond motifs is 1. The van der Waals surface area contributed by atoms with E-state index in [9.17, 15) is 9.50 Å². The molecule has 0 saturated heterocycles. The molecule has 0 unspecified atom stereocenters. The van der Waals surface area contributed by atoms with Crippen LogP contribution in [0.1, 0.15) is 29.7 Å². The van der Waals surface area contributed by atoms with Crippen LogP contribution in [0.2, 0.25) is 0 Å². The maximum atomic E-state index is 12.9. The number of nitrogens with one attached hydrogen (secondary N) is 1. The zero-order valence-corrected chi connectivity index (χ0v) is 13.7. The second-order valence-corrected chi connectivity index (χ2v) is 6.18. The van der Waals surface area contributed by atoms with Crippen LogP contribution in [-0.2, 0) is 12.8 Å². The van der Waals surface area contributed by atoms with Crippen LogP contribution in [0.5, 0.6) is 0 Å². The molecule has 1 aliphatic carbocycles. The molecule has 4 N–H and O–H groups in total. The molecule has 2 aromatic rings. The zero-order chi connectivity index (χ0) is 17.1. The summed E-state index contributed by atoms with van der Waals surface area (Å²) in [6, 6.07) is 12.1. The quantitative estimate of drug-likeness (QED) is 0.597. The number of amidine groups is 1. The van der Waals surface area contributed by atoms with Crippen molar-refractivity contribution in [3.05, 3.63) is 65.0 Å². The van der Waals surface area contributed by atoms with Crippen molar-refractivity contribution >= 4 is 11.5 Å². The number of hydrogen-bond donors (Lipinski definition) is 3. The molecule has 5 heteroatoms. The lowest BCUT2D eigenvalue weighted by atomic mass is 10.1. The highest BCUT2D eigenvalue weighted by Gasteiger charge is 2.27. The molecule has 24 heavy (non-hydrogen) atoms. The van der Waals surface area contributed by atoms with Crippen molar-refractivity contribution < 1.29 is 9.50 Å². The van der Waals surface area contributed by atoms with E-state index in [1.165, 1.54) is 12.1 Å². The number of rotatable bonds is 4. The monoisotopic (exact) mass is 327 g/mol. The number of nitrogens with zero attached hydrogens (tertiary/aromatic N) is 1. The van der Waals surface area contributed by atoms with Crippen LogP contribution in [0.15, 0.2) is 47.5 Å². The maximum absolute atomic E-state index is 12.9. The highest BCUT2D eigenvalue weighted by Crippen LogP contribution is 2.32. The summed E-state index contributed by atoms with van der Waals surface area (Å²) in [5, 5.41) is 13.1. The average Bonchev–Trinajstić information content (AvgIpc) is 2.84. The average molecular weight is 327 g/mol. The van der Waals surface area contributed by atoms with Gasteiger partial charge in [0.15, 0.2) is 0 Å². The molecule has 0 spiro atoms. The minimum absolute atomic E-state index is 0.218. The molecule has 0 heterocycles. The van der Waals surface area contributed by atoms with Gasteiger partial charge < -0.3 is 16.2 Å². The molecule has 0 radical (unpaired) electrons. The largest absolute Gasteiger partial charge is 0.391 e. The minimum Gasteiger partial charge on any atom is -0.391 e. The Labute approximate surface area is 141 Å². The Balaban J connectivity index is 1.59. The van der Waals surface area contributed by atoms with Gasteiger partial charge in [0.05, 0.1) is 23.7 Å². The Hall–Kier alpha value is -2.24. The van der Waals surface area contributed by atoms with Crippen molar-refractivity contribution in [3.63, 3.8) is 0 Å². The van der Waals surface area contributed by atoms with Gasteiger partial charge in [0, 0.05) is 13.0 Å². The van der Waals surface area contributed by atoms with Gasteiger partial charge in [-0.1, -0.05) is 18.2 Å². The van der Waals surface area contributed by atoms with Gasteiger partial charge in [-0.25, -0.2) is 9.38 Å². The predicted octanol–water partition coefficient (Wildman–Crippen LogP) is 2.62. The van der Waals surface area contributed by atoms with Crippen LogP contribution in [-0.4, -0.2) is 23.6 Å². The molecular weight excluding hydrogens is 305 g/mol. The van der Waals surface area contributed by atoms with Crippen LogP contribution in [0.4, 0.5) is 10.1 Å². The fraction of sp³-hybridized carbons (Fsp3) is 0.316. The van der Waals surface area contributed by atoms with E-state index >= 15 is 0 Å². The summed E-state index contributed by atoms with van der Waals surface area (Å²) >= 11 is 0. The lowest BCUT2D eigenvalue weighted by molar-refractivity contribution is 0.158. The standard InChI is InChI=1S/C19H22FN3O/c1-12(22-9-8-13-2-5-15(20)6-3-13)23-16-7-4-14-10-18(24)19(21)17(14)11-16/h2-7,11,18-19,24H,8-10,21H2,1H3,(H,22,23)/t18-,19-/m1/s1. The molecule has 3 rings (SSSR count). The number of aliphatic hydroxyl groups excluding tert-OH is 1. The second-order valence-electron chi connectivity index (χ2n) is 6.18. The maximum Gasteiger partial charge on any atom is 0.123 e. The van der Waals surface area contributed by atoms with Gasteiger partial charge in [-0.15, -0.1) is 0 Å². The molecule has 126 valence electrons. The summed E-state index contributed by atoms with van der Waals surface area (Å²) in [6.45, 7) is 2.64. The lowest BCUT2D eigenvalue weighted by Gasteiger charge is -2.10. The molecular formula is C19H22FN3O. The topological polar surface area (TPSA) is 70.6 Å². The fourth-order valence-electron chi connectivity index (χ4n) is 2.98. The van der Waals surface area contributed by atoms with Gasteiger partial charge in [0.1, 0.15) is 5.82 Å². The van der Waals surface area contributed by atoms with E-state index in [1.807, 2.05) is 25.1 Å². The highest BCUT2D eigenvalue weighted by atomic mass is 19.1. The number of hydrogen-bond acceptors (Lipinski definition) is 3. The third-order valence-corrected chi connectivity index (χ3v) is 4.34. The van der Waals surface area contributed by atoms with Crippen LogP contribution < -0.4 is 11.1 Å². The van der Waals surface area contributed by atoms with Crippen LogP contribution in [0.3, 0.4) is 0 Å². The van der Waals surface area contributed by atoms with Crippen molar-refractivity contribution in [2.24, 2.45) is 10.7 Å². The summed E-state index contributed by atoms with van der Waals surface area (Å²) in [5.41, 5.74) is 9.97. The van der Waals surface area contributed by atoms with E-state index in [-0.39, 0.29) is 11.9 Å². The van der Waals surface area contributed by atoms with Gasteiger partial charge in [0.25, 0.3) is 0 Å². The van der Waals surface area contributed by atoms with E-state index in [0.717, 1.165) is 41.2 Å². The van der Waals surface area contributed by atoms with Gasteiger partial charge in [-0.2, -0.15) is 0 Å². The van der Waals surface area contributed by atoms with Crippen LogP contribution in [0.25, 0.3) is 0 Å². The molecule has 1 aliphatic rings. The summed E-state index contributed by atoms with van der Waals surface area (Å²) in [5.74, 6) is 0.591. The van der Waals surface area contributed by atoms with Crippen molar-refractivity contribution in [1.82, 2.24) is 5.32 Å². The van der Waals surface area contributed by atoms with E-state index < -0.39 is 6.10 Å². The summed E-state index contributed by atoms with van der Waals surface area (Å²) in [6.07, 6.45) is 0.901. The third-order valence-electron chi connectivity index (χ3n) is 4.34. The smallest absolute Gasteiger partial charge is 0.123 e. The zero-order valence-electron chi connectivity index (χ0n) is 13.7. The number of nitrogens with two attached hydrogens (primary N) is 1. The molecule has 0 amide bonds. The normalized spacial score (nSPS) is 20.1. The van der Waals surface area contributed by atoms with Crippen molar-refractivity contribution in [3.8, 4) is 0 Å². The van der Waals surface area contributed by atoms with E-state index in [1.54, 1.807) is 12.1 Å². The fourth-order valence-corrected chi connectivity index (χ4v) is 2.98. The molecule has 0 saturated carbocycles. The molecule has 0 aromatic heterocycles. The summed E-state index contributed by atoms with van der Waals surface area (Å²) < 4.78 is 12.9. The molecule has 4 nitrogen and oxygen atoms in total. The lowest BCUT2D eigenvalue weighted by Crippen LogP contribution is -2.22. The molecule has 0 fully saturated rings. The van der Waals surface area contributed by atoms with Crippen molar-refractivity contribution in [1.29, 1.82) is 0 Å². The van der Waals surface area contributed by atoms with E-state index in [0.29, 0.717) is 6.42 Å². The molecule has 0 aliphatic heterocycles. The Morgan fingerprint density at radius 2 is 2.04 bits per heavy atom. The Morgan fingerprint density at radius 3 is 2.79 bits per heavy atom. The first kappa shape index (κ1) is 16.6.